The number of fused-ring (bicyclic) bond motifs is 2. The lowest BCUT2D eigenvalue weighted by molar-refractivity contribution is -0.136. The van der Waals surface area contributed by atoms with Gasteiger partial charge < -0.3 is 14.7 Å². The third-order valence-corrected chi connectivity index (χ3v) is 4.90. The quantitative estimate of drug-likeness (QED) is 0.900. The van der Waals surface area contributed by atoms with Crippen LogP contribution in [0.1, 0.15) is 28.0 Å². The van der Waals surface area contributed by atoms with Crippen LogP contribution in [0.25, 0.3) is 5.57 Å². The second-order valence-electron chi connectivity index (χ2n) is 6.16. The summed E-state index contributed by atoms with van der Waals surface area (Å²) in [6, 6.07) is 7.81. The van der Waals surface area contributed by atoms with Gasteiger partial charge in [0.25, 0.3) is 0 Å². The molecule has 0 aliphatic carbocycles. The number of rotatable bonds is 5. The van der Waals surface area contributed by atoms with E-state index in [1.165, 1.54) is 10.4 Å². The van der Waals surface area contributed by atoms with Gasteiger partial charge >= 0.3 is 5.97 Å². The minimum atomic E-state index is -0.821. The van der Waals surface area contributed by atoms with Crippen LogP contribution in [0.4, 0.5) is 0 Å². The van der Waals surface area contributed by atoms with Crippen LogP contribution in [0, 0.1) is 0 Å². The van der Waals surface area contributed by atoms with Gasteiger partial charge in [0.2, 0.25) is 0 Å². The van der Waals surface area contributed by atoms with Crippen LogP contribution in [0.3, 0.4) is 0 Å². The second kappa shape index (κ2) is 7.20. The number of hydrogen-bond donors (Lipinski definition) is 1. The summed E-state index contributed by atoms with van der Waals surface area (Å²) in [6.45, 7) is 1.53. The number of benzene rings is 1. The van der Waals surface area contributed by atoms with Crippen LogP contribution in [-0.4, -0.2) is 36.6 Å². The molecular formula is C19H21NO3S. The predicted molar refractivity (Wildman–Crippen MR) is 96.7 cm³/mol. The summed E-state index contributed by atoms with van der Waals surface area (Å²) in [7, 11) is 4.12. The molecule has 1 aromatic heterocycles. The van der Waals surface area contributed by atoms with E-state index in [0.29, 0.717) is 6.61 Å². The van der Waals surface area contributed by atoms with Gasteiger partial charge in [0.05, 0.1) is 6.42 Å². The summed E-state index contributed by atoms with van der Waals surface area (Å²) < 4.78 is 5.96. The van der Waals surface area contributed by atoms with E-state index >= 15 is 0 Å². The lowest BCUT2D eigenvalue weighted by Crippen LogP contribution is -2.12. The standard InChI is InChI=1S/C19H21NO3S/c1-20(2)8-3-4-14-15-7-9-24-18(15)12-23-17-6-5-13(10-16(14)17)11-19(21)22/h4-7,9-10H,3,8,11-12H2,1-2H3,(H,21,22)/b14-4-. The first-order chi connectivity index (χ1) is 11.5. The van der Waals surface area contributed by atoms with Gasteiger partial charge in [0.15, 0.2) is 0 Å². The highest BCUT2D eigenvalue weighted by Crippen LogP contribution is 2.39. The molecule has 2 aromatic rings. The van der Waals surface area contributed by atoms with E-state index < -0.39 is 5.97 Å². The Bertz CT molecular complexity index is 777. The van der Waals surface area contributed by atoms with Crippen LogP contribution >= 0.6 is 11.3 Å². The summed E-state index contributed by atoms with van der Waals surface area (Å²) in [5.41, 5.74) is 4.13. The zero-order valence-corrected chi connectivity index (χ0v) is 14.7. The zero-order valence-electron chi connectivity index (χ0n) is 13.9. The minimum Gasteiger partial charge on any atom is -0.487 e. The maximum atomic E-state index is 11.0. The van der Waals surface area contributed by atoms with Crippen molar-refractivity contribution in [2.24, 2.45) is 0 Å². The van der Waals surface area contributed by atoms with E-state index in [4.69, 9.17) is 9.84 Å². The van der Waals surface area contributed by atoms with Gasteiger partial charge in [0, 0.05) is 17.0 Å². The highest BCUT2D eigenvalue weighted by atomic mass is 32.1. The van der Waals surface area contributed by atoms with E-state index in [1.807, 2.05) is 18.2 Å². The van der Waals surface area contributed by atoms with Crippen molar-refractivity contribution in [1.29, 1.82) is 0 Å². The maximum absolute atomic E-state index is 11.0. The van der Waals surface area contributed by atoms with Crippen molar-refractivity contribution >= 4 is 22.9 Å². The average Bonchev–Trinajstić information content (AvgIpc) is 2.92. The van der Waals surface area contributed by atoms with Crippen LogP contribution < -0.4 is 4.74 Å². The molecular weight excluding hydrogens is 322 g/mol. The molecule has 0 amide bonds. The lowest BCUT2D eigenvalue weighted by Gasteiger charge is -2.12. The van der Waals surface area contributed by atoms with Crippen molar-refractivity contribution in [3.63, 3.8) is 0 Å². The first-order valence-electron chi connectivity index (χ1n) is 7.94. The summed E-state index contributed by atoms with van der Waals surface area (Å²) in [5.74, 6) is 0.00231. The Hall–Kier alpha value is -2.11. The molecule has 0 saturated heterocycles. The fourth-order valence-corrected chi connectivity index (χ4v) is 3.67. The minimum absolute atomic E-state index is 0.0226. The van der Waals surface area contributed by atoms with Gasteiger partial charge in [-0.15, -0.1) is 11.3 Å². The molecule has 1 N–H and O–H groups in total. The molecule has 126 valence electrons. The number of carboxylic acids is 1. The summed E-state index contributed by atoms with van der Waals surface area (Å²) in [4.78, 5) is 14.4. The largest absolute Gasteiger partial charge is 0.487 e. The third kappa shape index (κ3) is 3.68. The number of carbonyl (C=O) groups is 1. The number of hydrogen-bond acceptors (Lipinski definition) is 4. The van der Waals surface area contributed by atoms with Crippen molar-refractivity contribution < 1.29 is 14.6 Å². The van der Waals surface area contributed by atoms with Gasteiger partial charge in [-0.1, -0.05) is 12.1 Å². The van der Waals surface area contributed by atoms with Gasteiger partial charge in [-0.05, 0) is 60.8 Å². The molecule has 0 fully saturated rings. The Balaban J connectivity index is 2.04. The smallest absolute Gasteiger partial charge is 0.307 e. The summed E-state index contributed by atoms with van der Waals surface area (Å²) in [5, 5.41) is 11.2. The molecule has 1 aliphatic heterocycles. The molecule has 0 spiro atoms. The Morgan fingerprint density at radius 1 is 1.33 bits per heavy atom. The molecule has 4 nitrogen and oxygen atoms in total. The molecule has 2 heterocycles. The monoisotopic (exact) mass is 343 g/mol. The van der Waals surface area contributed by atoms with E-state index in [1.54, 1.807) is 11.3 Å². The summed E-state index contributed by atoms with van der Waals surface area (Å²) in [6.07, 6.45) is 3.19. The van der Waals surface area contributed by atoms with Gasteiger partial charge in [0.1, 0.15) is 12.4 Å². The average molecular weight is 343 g/mol. The van der Waals surface area contributed by atoms with Crippen LogP contribution in [0.15, 0.2) is 35.7 Å². The first kappa shape index (κ1) is 16.7. The number of nitrogens with zero attached hydrogens (tertiary/aromatic N) is 1. The highest BCUT2D eigenvalue weighted by molar-refractivity contribution is 7.10. The summed E-state index contributed by atoms with van der Waals surface area (Å²) >= 11 is 1.70. The van der Waals surface area contributed by atoms with E-state index in [9.17, 15) is 4.79 Å². The number of carboxylic acid groups (broad SMARTS) is 1. The van der Waals surface area contributed by atoms with Crippen LogP contribution in [0.5, 0.6) is 5.75 Å². The SMILES string of the molecule is CN(C)CC/C=C1\c2cc(CC(=O)O)ccc2OCc2sccc21. The Morgan fingerprint density at radius 3 is 2.92 bits per heavy atom. The van der Waals surface area contributed by atoms with Crippen LogP contribution in [-0.2, 0) is 17.8 Å². The molecule has 24 heavy (non-hydrogen) atoms. The van der Waals surface area contributed by atoms with Crippen molar-refractivity contribution in [1.82, 2.24) is 4.90 Å². The van der Waals surface area contributed by atoms with Crippen molar-refractivity contribution in [3.8, 4) is 5.75 Å². The molecule has 1 aliphatic rings. The second-order valence-corrected chi connectivity index (χ2v) is 7.16. The Labute approximate surface area is 146 Å². The molecule has 0 radical (unpaired) electrons. The number of ether oxygens (including phenoxy) is 1. The topological polar surface area (TPSA) is 49.8 Å². The highest BCUT2D eigenvalue weighted by Gasteiger charge is 2.20. The third-order valence-electron chi connectivity index (χ3n) is 4.01. The van der Waals surface area contributed by atoms with E-state index in [-0.39, 0.29) is 6.42 Å². The van der Waals surface area contributed by atoms with Crippen molar-refractivity contribution in [2.75, 3.05) is 20.6 Å². The van der Waals surface area contributed by atoms with Crippen molar-refractivity contribution in [3.05, 3.63) is 57.3 Å². The molecule has 3 rings (SSSR count). The lowest BCUT2D eigenvalue weighted by atomic mass is 9.95. The molecule has 0 bridgehead atoms. The number of thiophene rings is 1. The van der Waals surface area contributed by atoms with Gasteiger partial charge in [-0.25, -0.2) is 0 Å². The fourth-order valence-electron chi connectivity index (χ4n) is 2.87. The number of aliphatic carboxylic acids is 1. The Kier molecular flexibility index (Phi) is 5.02. The molecule has 0 atom stereocenters. The molecule has 0 saturated carbocycles. The van der Waals surface area contributed by atoms with E-state index in [0.717, 1.165) is 35.4 Å². The van der Waals surface area contributed by atoms with Crippen LogP contribution in [0.2, 0.25) is 0 Å². The predicted octanol–water partition coefficient (Wildman–Crippen LogP) is 3.65. The molecule has 5 heteroatoms. The van der Waals surface area contributed by atoms with E-state index in [2.05, 4.69) is 36.5 Å². The fraction of sp³-hybridized carbons (Fsp3) is 0.316. The molecule has 0 unspecified atom stereocenters. The zero-order chi connectivity index (χ0) is 17.1. The first-order valence-corrected chi connectivity index (χ1v) is 8.82. The Morgan fingerprint density at radius 2 is 2.17 bits per heavy atom. The van der Waals surface area contributed by atoms with Crippen molar-refractivity contribution in [2.45, 2.75) is 19.4 Å². The van der Waals surface area contributed by atoms with Gasteiger partial charge in [-0.3, -0.25) is 4.79 Å². The van der Waals surface area contributed by atoms with Gasteiger partial charge in [-0.2, -0.15) is 0 Å². The maximum Gasteiger partial charge on any atom is 0.307 e. The normalized spacial score (nSPS) is 14.9. The molecule has 1 aromatic carbocycles.